The summed E-state index contributed by atoms with van der Waals surface area (Å²) >= 11 is 6.05. The number of nitrogens with zero attached hydrogens (tertiary/aromatic N) is 1. The number of ketones is 1. The standard InChI is InChI=1S/C20H13ClFN3O/c21-15-6-7-16(23)18(22)17(15)19(26)14-10-25-20-13(14)8-12(9-24-20)11-4-2-1-3-5-11/h1-10H,23H2,(H,24,25). The molecule has 4 nitrogen and oxygen atoms in total. The first kappa shape index (κ1) is 16.3. The molecule has 2 aromatic heterocycles. The van der Waals surface area contributed by atoms with E-state index >= 15 is 0 Å². The molecule has 0 aliphatic heterocycles. The van der Waals surface area contributed by atoms with Gasteiger partial charge in [-0.05, 0) is 23.8 Å². The van der Waals surface area contributed by atoms with E-state index in [0.29, 0.717) is 11.0 Å². The maximum Gasteiger partial charge on any atom is 0.199 e. The fraction of sp³-hybridized carbons (Fsp3) is 0. The lowest BCUT2D eigenvalue weighted by Crippen LogP contribution is -2.07. The number of rotatable bonds is 3. The lowest BCUT2D eigenvalue weighted by molar-refractivity contribution is 0.103. The molecule has 26 heavy (non-hydrogen) atoms. The molecule has 0 aliphatic rings. The first-order chi connectivity index (χ1) is 12.6. The van der Waals surface area contributed by atoms with Gasteiger partial charge in [0.1, 0.15) is 5.65 Å². The van der Waals surface area contributed by atoms with Crippen molar-refractivity contribution < 1.29 is 9.18 Å². The molecule has 2 aromatic carbocycles. The Morgan fingerprint density at radius 3 is 2.65 bits per heavy atom. The summed E-state index contributed by atoms with van der Waals surface area (Å²) in [5.41, 5.74) is 7.87. The molecule has 2 heterocycles. The predicted molar refractivity (Wildman–Crippen MR) is 101 cm³/mol. The van der Waals surface area contributed by atoms with Crippen LogP contribution in [0.4, 0.5) is 10.1 Å². The zero-order valence-electron chi connectivity index (χ0n) is 13.5. The second-order valence-corrected chi connectivity index (χ2v) is 6.25. The van der Waals surface area contributed by atoms with E-state index in [1.54, 1.807) is 6.20 Å². The second-order valence-electron chi connectivity index (χ2n) is 5.84. The molecule has 4 aromatic rings. The van der Waals surface area contributed by atoms with Gasteiger partial charge in [-0.3, -0.25) is 4.79 Å². The Morgan fingerprint density at radius 1 is 1.12 bits per heavy atom. The van der Waals surface area contributed by atoms with Crippen LogP contribution in [0.15, 0.2) is 60.9 Å². The summed E-state index contributed by atoms with van der Waals surface area (Å²) in [5, 5.41) is 0.609. The maximum atomic E-state index is 14.4. The fourth-order valence-electron chi connectivity index (χ4n) is 2.89. The average molecular weight is 366 g/mol. The third kappa shape index (κ3) is 2.62. The Morgan fingerprint density at radius 2 is 1.88 bits per heavy atom. The molecule has 0 saturated carbocycles. The number of aromatic amines is 1. The smallest absolute Gasteiger partial charge is 0.199 e. The number of aromatic nitrogens is 2. The normalized spacial score (nSPS) is 11.0. The quantitative estimate of drug-likeness (QED) is 0.403. The zero-order valence-corrected chi connectivity index (χ0v) is 14.2. The van der Waals surface area contributed by atoms with Crippen LogP contribution in [-0.2, 0) is 0 Å². The van der Waals surface area contributed by atoms with Crippen molar-refractivity contribution in [2.45, 2.75) is 0 Å². The molecular weight excluding hydrogens is 353 g/mol. The molecule has 0 unspecified atom stereocenters. The van der Waals surface area contributed by atoms with Gasteiger partial charge in [-0.25, -0.2) is 9.37 Å². The number of hydrogen-bond donors (Lipinski definition) is 2. The van der Waals surface area contributed by atoms with Crippen molar-refractivity contribution in [2.24, 2.45) is 0 Å². The van der Waals surface area contributed by atoms with Gasteiger partial charge in [0.05, 0.1) is 16.3 Å². The fourth-order valence-corrected chi connectivity index (χ4v) is 3.12. The molecule has 4 rings (SSSR count). The van der Waals surface area contributed by atoms with E-state index in [1.807, 2.05) is 36.4 Å². The van der Waals surface area contributed by atoms with E-state index in [9.17, 15) is 9.18 Å². The van der Waals surface area contributed by atoms with Gasteiger partial charge in [-0.15, -0.1) is 0 Å². The van der Waals surface area contributed by atoms with Gasteiger partial charge in [0.15, 0.2) is 11.6 Å². The first-order valence-electron chi connectivity index (χ1n) is 7.87. The summed E-state index contributed by atoms with van der Waals surface area (Å²) in [6.07, 6.45) is 3.23. The number of pyridine rings is 1. The molecule has 128 valence electrons. The number of anilines is 1. The van der Waals surface area contributed by atoms with Crippen molar-refractivity contribution in [2.75, 3.05) is 5.73 Å². The van der Waals surface area contributed by atoms with Crippen LogP contribution in [0.1, 0.15) is 15.9 Å². The average Bonchev–Trinajstić information content (AvgIpc) is 3.09. The number of fused-ring (bicyclic) bond motifs is 1. The van der Waals surface area contributed by atoms with Crippen LogP contribution in [0.5, 0.6) is 0 Å². The maximum absolute atomic E-state index is 14.4. The van der Waals surface area contributed by atoms with Gasteiger partial charge in [-0.2, -0.15) is 0 Å². The monoisotopic (exact) mass is 365 g/mol. The van der Waals surface area contributed by atoms with Gasteiger partial charge in [0.2, 0.25) is 0 Å². The summed E-state index contributed by atoms with van der Waals surface area (Å²) in [5.74, 6) is -1.36. The van der Waals surface area contributed by atoms with Crippen LogP contribution in [0, 0.1) is 5.82 Å². The number of benzene rings is 2. The molecule has 0 bridgehead atoms. The van der Waals surface area contributed by atoms with Gasteiger partial charge in [0, 0.05) is 28.9 Å². The van der Waals surface area contributed by atoms with E-state index in [0.717, 1.165) is 11.1 Å². The van der Waals surface area contributed by atoms with Crippen molar-refractivity contribution in [3.63, 3.8) is 0 Å². The number of nitrogens with one attached hydrogen (secondary N) is 1. The third-order valence-electron chi connectivity index (χ3n) is 4.23. The molecule has 0 saturated heterocycles. The number of nitrogens with two attached hydrogens (primary N) is 1. The summed E-state index contributed by atoms with van der Waals surface area (Å²) in [6, 6.07) is 14.3. The van der Waals surface area contributed by atoms with Crippen molar-refractivity contribution in [3.05, 3.63) is 82.9 Å². The Balaban J connectivity index is 1.88. The molecule has 0 atom stereocenters. The van der Waals surface area contributed by atoms with Crippen LogP contribution in [0.25, 0.3) is 22.2 Å². The molecule has 3 N–H and O–H groups in total. The second kappa shape index (κ2) is 6.28. The Labute approximate surface area is 153 Å². The van der Waals surface area contributed by atoms with Crippen molar-refractivity contribution >= 4 is 34.1 Å². The summed E-state index contributed by atoms with van der Waals surface area (Å²) in [4.78, 5) is 20.2. The molecule has 0 aliphatic carbocycles. The molecular formula is C20H13ClFN3O. The molecule has 0 fully saturated rings. The van der Waals surface area contributed by atoms with Crippen molar-refractivity contribution in [1.29, 1.82) is 0 Å². The highest BCUT2D eigenvalue weighted by Crippen LogP contribution is 2.30. The highest BCUT2D eigenvalue weighted by Gasteiger charge is 2.23. The number of hydrogen-bond acceptors (Lipinski definition) is 3. The number of H-pyrrole nitrogens is 1. The number of halogens is 2. The highest BCUT2D eigenvalue weighted by atomic mass is 35.5. The van der Waals surface area contributed by atoms with Crippen LogP contribution >= 0.6 is 11.6 Å². The summed E-state index contributed by atoms with van der Waals surface area (Å²) in [7, 11) is 0. The number of nitrogen functional groups attached to an aromatic ring is 1. The minimum Gasteiger partial charge on any atom is -0.396 e. The first-order valence-corrected chi connectivity index (χ1v) is 8.25. The zero-order chi connectivity index (χ0) is 18.3. The molecule has 0 amide bonds. The van der Waals surface area contributed by atoms with Gasteiger partial charge in [-0.1, -0.05) is 41.9 Å². The third-order valence-corrected chi connectivity index (χ3v) is 4.55. The lowest BCUT2D eigenvalue weighted by atomic mass is 10.00. The number of carbonyl (C=O) groups excluding carboxylic acids is 1. The largest absolute Gasteiger partial charge is 0.396 e. The van der Waals surface area contributed by atoms with Gasteiger partial charge in [0.25, 0.3) is 0 Å². The topological polar surface area (TPSA) is 71.8 Å². The van der Waals surface area contributed by atoms with E-state index in [2.05, 4.69) is 9.97 Å². The summed E-state index contributed by atoms with van der Waals surface area (Å²) in [6.45, 7) is 0. The minimum atomic E-state index is -0.816. The Hall–Kier alpha value is -3.18. The van der Waals surface area contributed by atoms with Crippen molar-refractivity contribution in [3.8, 4) is 11.1 Å². The van der Waals surface area contributed by atoms with E-state index in [-0.39, 0.29) is 21.8 Å². The van der Waals surface area contributed by atoms with Crippen LogP contribution in [0.3, 0.4) is 0 Å². The van der Waals surface area contributed by atoms with E-state index in [1.165, 1.54) is 18.3 Å². The molecule has 0 spiro atoms. The highest BCUT2D eigenvalue weighted by molar-refractivity contribution is 6.35. The Kier molecular flexibility index (Phi) is 3.93. The van der Waals surface area contributed by atoms with E-state index < -0.39 is 11.6 Å². The van der Waals surface area contributed by atoms with Crippen LogP contribution < -0.4 is 5.73 Å². The van der Waals surface area contributed by atoms with E-state index in [4.69, 9.17) is 17.3 Å². The SMILES string of the molecule is Nc1ccc(Cl)c(C(=O)c2c[nH]c3ncc(-c4ccccc4)cc23)c1F. The van der Waals surface area contributed by atoms with Gasteiger partial charge >= 0.3 is 0 Å². The van der Waals surface area contributed by atoms with Crippen molar-refractivity contribution in [1.82, 2.24) is 9.97 Å². The minimum absolute atomic E-state index is 0.0169. The number of carbonyl (C=O) groups is 1. The Bertz CT molecular complexity index is 1140. The van der Waals surface area contributed by atoms with Crippen LogP contribution in [-0.4, -0.2) is 15.8 Å². The summed E-state index contributed by atoms with van der Waals surface area (Å²) < 4.78 is 14.4. The van der Waals surface area contributed by atoms with Crippen LogP contribution in [0.2, 0.25) is 5.02 Å². The predicted octanol–water partition coefficient (Wildman–Crippen LogP) is 4.84. The lowest BCUT2D eigenvalue weighted by Gasteiger charge is -2.07. The van der Waals surface area contributed by atoms with Gasteiger partial charge < -0.3 is 10.7 Å². The molecule has 0 radical (unpaired) electrons. The molecule has 6 heteroatoms.